The van der Waals surface area contributed by atoms with E-state index < -0.39 is 18.2 Å². The molecule has 2 aromatic carbocycles. The summed E-state index contributed by atoms with van der Waals surface area (Å²) < 4.78 is 9.08. The Morgan fingerprint density at radius 3 is 1.05 bits per heavy atom. The molecule has 0 aliphatic carbocycles. The zero-order valence-corrected chi connectivity index (χ0v) is 17.0. The molecular weight excluding hydrogens is 428 g/mol. The van der Waals surface area contributed by atoms with Gasteiger partial charge in [0.15, 0.2) is 0 Å². The fraction of sp³-hybridized carbons (Fsp3) is 0.444. The number of hydrogen-bond donors (Lipinski definition) is 0. The second-order valence-electron chi connectivity index (χ2n) is 6.53. The predicted octanol–water partition coefficient (Wildman–Crippen LogP) is 5.84. The summed E-state index contributed by atoms with van der Waals surface area (Å²) in [5, 5.41) is 0. The zero-order chi connectivity index (χ0) is 16.2. The average Bonchev–Trinajstić information content (AvgIpc) is 3.05. The Morgan fingerprint density at radius 1 is 0.619 bits per heavy atom. The van der Waals surface area contributed by atoms with Gasteiger partial charge in [0.25, 0.3) is 0 Å². The van der Waals surface area contributed by atoms with Gasteiger partial charge in [-0.3, -0.25) is 0 Å². The minimum absolute atomic E-state index is 0.124. The Balaban J connectivity index is 0.000000325. The van der Waals surface area contributed by atoms with E-state index in [4.69, 9.17) is 0 Å². The van der Waals surface area contributed by atoms with Crippen molar-refractivity contribution in [2.75, 3.05) is 0 Å². The molecule has 3 heteroatoms. The molecule has 0 saturated carbocycles. The Hall–Kier alpha value is -1.01. The van der Waals surface area contributed by atoms with Crippen molar-refractivity contribution in [2.45, 2.75) is 52.6 Å². The maximum Gasteiger partial charge on any atom is -0.172 e. The summed E-state index contributed by atoms with van der Waals surface area (Å²) in [6.45, 7) is 12.8. The summed E-state index contributed by atoms with van der Waals surface area (Å²) in [7, 11) is 0. The molecular formula is C18H28N2W-2. The van der Waals surface area contributed by atoms with E-state index in [-0.39, 0.29) is 11.1 Å². The second kappa shape index (κ2) is 10.7. The summed E-state index contributed by atoms with van der Waals surface area (Å²) in [5.41, 5.74) is 0.249. The zero-order valence-electron chi connectivity index (χ0n) is 14.1. The molecule has 0 radical (unpaired) electrons. The van der Waals surface area contributed by atoms with Gasteiger partial charge in [-0.15, -0.1) is 0 Å². The minimum Gasteiger partial charge on any atom is -0.214 e. The van der Waals surface area contributed by atoms with Gasteiger partial charge in [-0.2, -0.15) is 36.4 Å². The molecule has 0 unspecified atom stereocenters. The third-order valence-electron chi connectivity index (χ3n) is 1.74. The van der Waals surface area contributed by atoms with Crippen molar-refractivity contribution in [3.63, 3.8) is 0 Å². The first kappa shape index (κ1) is 20.0. The van der Waals surface area contributed by atoms with Crippen molar-refractivity contribution in [3.05, 3.63) is 60.7 Å². The van der Waals surface area contributed by atoms with Crippen molar-refractivity contribution in [1.82, 2.24) is 0 Å². The van der Waals surface area contributed by atoms with Crippen LogP contribution >= 0.6 is 0 Å². The van der Waals surface area contributed by atoms with E-state index in [1.807, 2.05) is 60.7 Å². The summed E-state index contributed by atoms with van der Waals surface area (Å²) in [5.74, 6) is 0. The van der Waals surface area contributed by atoms with Crippen molar-refractivity contribution in [1.29, 1.82) is 0 Å². The van der Waals surface area contributed by atoms with Gasteiger partial charge in [0, 0.05) is 0 Å². The van der Waals surface area contributed by atoms with Crippen molar-refractivity contribution < 1.29 is 18.2 Å². The molecule has 0 bridgehead atoms. The van der Waals surface area contributed by atoms with Gasteiger partial charge >= 0.3 is 77.8 Å². The summed E-state index contributed by atoms with van der Waals surface area (Å²) in [4.78, 5) is 0. The summed E-state index contributed by atoms with van der Waals surface area (Å²) >= 11 is -0.780. The van der Waals surface area contributed by atoms with Gasteiger partial charge in [-0.1, -0.05) is 0 Å². The summed E-state index contributed by atoms with van der Waals surface area (Å²) in [6, 6.07) is 20.0. The van der Waals surface area contributed by atoms with Crippen molar-refractivity contribution in [2.24, 2.45) is 6.99 Å². The van der Waals surface area contributed by atoms with Gasteiger partial charge in [-0.05, 0) is 0 Å². The van der Waals surface area contributed by atoms with E-state index in [0.717, 1.165) is 0 Å². The normalized spacial score (nSPS) is 10.4. The van der Waals surface area contributed by atoms with Crippen LogP contribution in [0.1, 0.15) is 41.5 Å². The molecule has 2 nitrogen and oxygen atoms in total. The molecule has 0 spiro atoms. The Labute approximate surface area is 138 Å². The van der Waals surface area contributed by atoms with Gasteiger partial charge in [0.1, 0.15) is 0 Å². The third-order valence-corrected chi connectivity index (χ3v) is 6.26. The van der Waals surface area contributed by atoms with Gasteiger partial charge in [-0.25, -0.2) is 24.3 Å². The molecule has 118 valence electrons. The molecule has 2 aromatic rings. The van der Waals surface area contributed by atoms with E-state index in [2.05, 4.69) is 48.5 Å². The average molecular weight is 456 g/mol. The van der Waals surface area contributed by atoms with Crippen LogP contribution < -0.4 is 0 Å². The summed E-state index contributed by atoms with van der Waals surface area (Å²) in [6.07, 6.45) is 0. The molecule has 0 fully saturated rings. The predicted molar refractivity (Wildman–Crippen MR) is 88.4 cm³/mol. The molecule has 0 N–H and O–H groups in total. The van der Waals surface area contributed by atoms with Crippen LogP contribution in [0.3, 0.4) is 0 Å². The second-order valence-corrected chi connectivity index (χ2v) is 8.43. The van der Waals surface area contributed by atoms with Crippen LogP contribution in [0.25, 0.3) is 0 Å². The third kappa shape index (κ3) is 19.0. The van der Waals surface area contributed by atoms with Crippen LogP contribution in [0.4, 0.5) is 0 Å². The fourth-order valence-corrected chi connectivity index (χ4v) is 2.81. The molecule has 0 aromatic heterocycles. The molecule has 0 aliphatic heterocycles. The topological polar surface area (TPSA) is 24.7 Å². The van der Waals surface area contributed by atoms with E-state index in [0.29, 0.717) is 0 Å². The smallest absolute Gasteiger partial charge is 0.172 e. The molecule has 0 atom stereocenters. The van der Waals surface area contributed by atoms with E-state index >= 15 is 0 Å². The maximum absolute atomic E-state index is 4.54. The first-order chi connectivity index (χ1) is 9.71. The molecule has 0 heterocycles. The van der Waals surface area contributed by atoms with Crippen LogP contribution in [0.15, 0.2) is 67.7 Å². The van der Waals surface area contributed by atoms with E-state index in [1.165, 1.54) is 0 Å². The van der Waals surface area contributed by atoms with E-state index in [1.54, 1.807) is 0 Å². The number of hydrogen-bond acceptors (Lipinski definition) is 2. The molecule has 2 rings (SSSR count). The maximum atomic E-state index is 4.54. The van der Waals surface area contributed by atoms with Crippen LogP contribution in [0, 0.1) is 0 Å². The quantitative estimate of drug-likeness (QED) is 0.445. The van der Waals surface area contributed by atoms with Gasteiger partial charge in [0.2, 0.25) is 0 Å². The van der Waals surface area contributed by atoms with Gasteiger partial charge < -0.3 is 0 Å². The Kier molecular flexibility index (Phi) is 10.2. The van der Waals surface area contributed by atoms with Crippen LogP contribution in [0.2, 0.25) is 0 Å². The molecule has 0 saturated heterocycles. The minimum atomic E-state index is -0.780. The van der Waals surface area contributed by atoms with Crippen LogP contribution in [-0.2, 0) is 18.2 Å². The molecule has 0 aliphatic rings. The standard InChI is InChI=1S/2C5H5.2C4H9N.W/c2*1-2-4-5-3-1;2*1-4(2,3)5;/h2*1-5H;2*1-3H3;/q2*-1;;;. The molecule has 21 heavy (non-hydrogen) atoms. The number of nitrogens with zero attached hydrogens (tertiary/aromatic N) is 2. The van der Waals surface area contributed by atoms with Crippen LogP contribution in [0.5, 0.6) is 0 Å². The van der Waals surface area contributed by atoms with Gasteiger partial charge in [0.05, 0.1) is 0 Å². The van der Waals surface area contributed by atoms with Crippen LogP contribution in [-0.4, -0.2) is 11.1 Å². The van der Waals surface area contributed by atoms with E-state index in [9.17, 15) is 0 Å². The number of rotatable bonds is 0. The SMILES string of the molecule is CC(C)(C)[N]=[W]=[N]C(C)(C)C.c1cc[cH-]c1.c1cc[cH-]c1. The van der Waals surface area contributed by atoms with Crippen molar-refractivity contribution in [3.8, 4) is 0 Å². The van der Waals surface area contributed by atoms with Crippen molar-refractivity contribution >= 4 is 0 Å². The monoisotopic (exact) mass is 456 g/mol. The Morgan fingerprint density at radius 2 is 0.905 bits per heavy atom. The largest absolute Gasteiger partial charge is 0.214 e. The molecule has 0 amide bonds. The Bertz CT molecular complexity index is 398. The first-order valence-corrected chi connectivity index (χ1v) is 9.77. The fourth-order valence-electron chi connectivity index (χ4n) is 0.907. The first-order valence-electron chi connectivity index (χ1n) is 7.15.